The summed E-state index contributed by atoms with van der Waals surface area (Å²) in [6.45, 7) is 3.99. The predicted molar refractivity (Wildman–Crippen MR) is 108 cm³/mol. The molecule has 5 rings (SSSR count). The van der Waals surface area contributed by atoms with Crippen molar-refractivity contribution in [2.75, 3.05) is 0 Å². The van der Waals surface area contributed by atoms with Gasteiger partial charge in [0.05, 0.1) is 30.0 Å². The van der Waals surface area contributed by atoms with Crippen molar-refractivity contribution in [3.63, 3.8) is 0 Å². The van der Waals surface area contributed by atoms with E-state index >= 15 is 0 Å². The monoisotopic (exact) mass is 369 g/mol. The molecule has 1 N–H and O–H groups in total. The smallest absolute Gasteiger partial charge is 0.173 e. The number of nitrogens with one attached hydrogen (secondary N) is 1. The van der Waals surface area contributed by atoms with Gasteiger partial charge in [-0.2, -0.15) is 5.10 Å². The first-order valence-corrected chi connectivity index (χ1v) is 9.19. The third kappa shape index (κ3) is 2.70. The molecule has 0 saturated carbocycles. The molecule has 6 nitrogen and oxygen atoms in total. The summed E-state index contributed by atoms with van der Waals surface area (Å²) in [7, 11) is 0. The Bertz CT molecular complexity index is 1250. The molecule has 0 bridgehead atoms. The Balaban J connectivity index is 1.72. The van der Waals surface area contributed by atoms with E-state index in [1.807, 2.05) is 43.6 Å². The number of aromatic nitrogens is 5. The van der Waals surface area contributed by atoms with Crippen LogP contribution in [-0.2, 0) is 0 Å². The number of hydrogen-bond donors (Lipinski definition) is 1. The molecule has 3 aromatic heterocycles. The average molecular weight is 369 g/mol. The van der Waals surface area contributed by atoms with Gasteiger partial charge in [-0.15, -0.1) is 0 Å². The summed E-state index contributed by atoms with van der Waals surface area (Å²) in [5.74, 6) is 1.53. The third-order valence-corrected chi connectivity index (χ3v) is 4.97. The Morgan fingerprint density at radius 3 is 2.68 bits per heavy atom. The molecule has 0 aliphatic carbocycles. The zero-order valence-corrected chi connectivity index (χ0v) is 15.6. The molecule has 0 radical (unpaired) electrons. The predicted octanol–water partition coefficient (Wildman–Crippen LogP) is 5.00. The maximum atomic E-state index is 5.51. The highest BCUT2D eigenvalue weighted by Crippen LogP contribution is 2.35. The van der Waals surface area contributed by atoms with Crippen molar-refractivity contribution in [1.29, 1.82) is 0 Å². The number of furan rings is 1. The van der Waals surface area contributed by atoms with E-state index in [1.165, 1.54) is 0 Å². The molecule has 6 heteroatoms. The Hall–Kier alpha value is -3.67. The topological polar surface area (TPSA) is 72.5 Å². The van der Waals surface area contributed by atoms with E-state index in [1.54, 1.807) is 6.26 Å². The molecule has 0 spiro atoms. The number of H-pyrrole nitrogens is 1. The van der Waals surface area contributed by atoms with Crippen molar-refractivity contribution in [3.05, 3.63) is 78.8 Å². The first-order chi connectivity index (χ1) is 13.7. The zero-order chi connectivity index (χ0) is 19.1. The quantitative estimate of drug-likeness (QED) is 0.484. The van der Waals surface area contributed by atoms with Gasteiger partial charge in [-0.1, -0.05) is 30.3 Å². The van der Waals surface area contributed by atoms with Crippen molar-refractivity contribution in [2.45, 2.75) is 19.9 Å². The molecule has 0 unspecified atom stereocenters. The molecule has 0 saturated heterocycles. The summed E-state index contributed by atoms with van der Waals surface area (Å²) in [5, 5.41) is 8.34. The lowest BCUT2D eigenvalue weighted by Crippen LogP contribution is -2.09. The molecule has 138 valence electrons. The minimum Gasteiger partial charge on any atom is -0.464 e. The number of aromatic amines is 1. The fourth-order valence-corrected chi connectivity index (χ4v) is 3.53. The summed E-state index contributed by atoms with van der Waals surface area (Å²) >= 11 is 0. The zero-order valence-electron chi connectivity index (χ0n) is 15.6. The number of imidazole rings is 1. The van der Waals surface area contributed by atoms with Crippen LogP contribution >= 0.6 is 0 Å². The van der Waals surface area contributed by atoms with Crippen LogP contribution in [0.2, 0.25) is 0 Å². The number of hydrogen-bond acceptors (Lipinski definition) is 4. The van der Waals surface area contributed by atoms with Gasteiger partial charge < -0.3 is 8.98 Å². The fourth-order valence-electron chi connectivity index (χ4n) is 3.53. The van der Waals surface area contributed by atoms with Gasteiger partial charge >= 0.3 is 0 Å². The number of nitrogens with zero attached hydrogens (tertiary/aromatic N) is 4. The average Bonchev–Trinajstić information content (AvgIpc) is 3.46. The van der Waals surface area contributed by atoms with E-state index in [2.05, 4.69) is 50.9 Å². The van der Waals surface area contributed by atoms with Crippen LogP contribution in [0.15, 0.2) is 71.6 Å². The van der Waals surface area contributed by atoms with Crippen molar-refractivity contribution >= 4 is 11.0 Å². The van der Waals surface area contributed by atoms with Gasteiger partial charge in [0.25, 0.3) is 0 Å². The lowest BCUT2D eigenvalue weighted by atomic mass is 10.0. The molecule has 2 aromatic carbocycles. The first-order valence-electron chi connectivity index (χ1n) is 9.19. The molecule has 0 aliphatic heterocycles. The van der Waals surface area contributed by atoms with E-state index in [-0.39, 0.29) is 6.04 Å². The second-order valence-electron chi connectivity index (χ2n) is 6.84. The summed E-state index contributed by atoms with van der Waals surface area (Å²) in [5.41, 5.74) is 4.98. The van der Waals surface area contributed by atoms with E-state index in [0.717, 1.165) is 45.1 Å². The van der Waals surface area contributed by atoms with Crippen molar-refractivity contribution in [1.82, 2.24) is 24.7 Å². The van der Waals surface area contributed by atoms with Crippen LogP contribution in [0.4, 0.5) is 0 Å². The van der Waals surface area contributed by atoms with Gasteiger partial charge in [-0.25, -0.2) is 9.97 Å². The highest BCUT2D eigenvalue weighted by molar-refractivity contribution is 5.87. The van der Waals surface area contributed by atoms with Gasteiger partial charge in [-0.05, 0) is 38.1 Å². The fraction of sp³-hybridized carbons (Fsp3) is 0.136. The van der Waals surface area contributed by atoms with Crippen LogP contribution in [0.5, 0.6) is 0 Å². The highest BCUT2D eigenvalue weighted by atomic mass is 16.3. The third-order valence-electron chi connectivity index (χ3n) is 4.97. The Morgan fingerprint density at radius 2 is 1.89 bits per heavy atom. The summed E-state index contributed by atoms with van der Waals surface area (Å²) in [4.78, 5) is 9.27. The number of fused-ring (bicyclic) bond motifs is 1. The van der Waals surface area contributed by atoms with Gasteiger partial charge in [0.15, 0.2) is 5.82 Å². The van der Waals surface area contributed by atoms with Crippen LogP contribution in [-0.4, -0.2) is 24.7 Å². The van der Waals surface area contributed by atoms with Crippen LogP contribution < -0.4 is 0 Å². The molecular weight excluding hydrogens is 350 g/mol. The van der Waals surface area contributed by atoms with E-state index < -0.39 is 0 Å². The molecule has 5 aromatic rings. The van der Waals surface area contributed by atoms with Crippen molar-refractivity contribution in [3.8, 4) is 22.5 Å². The minimum absolute atomic E-state index is 0.0649. The second kappa shape index (κ2) is 6.49. The Kier molecular flexibility index (Phi) is 3.83. The largest absolute Gasteiger partial charge is 0.464 e. The summed E-state index contributed by atoms with van der Waals surface area (Å²) in [6, 6.07) is 18.3. The van der Waals surface area contributed by atoms with Gasteiger partial charge in [-0.3, -0.25) is 5.10 Å². The molecule has 0 fully saturated rings. The molecule has 0 aliphatic rings. The van der Waals surface area contributed by atoms with Gasteiger partial charge in [0, 0.05) is 16.5 Å². The number of aryl methyl sites for hydroxylation is 1. The normalized spacial score (nSPS) is 12.5. The standard InChI is InChI=1S/C22H19N5O/c1-14(22-24-15(2)25-26-22)27-13-23-20(16-6-4-3-5-7-16)21(27)18-8-9-19-17(12-18)10-11-28-19/h3-14H,1-2H3,(H,24,25,26)/t14-/m0/s1. The maximum Gasteiger partial charge on any atom is 0.173 e. The van der Waals surface area contributed by atoms with Crippen LogP contribution in [0.1, 0.15) is 24.6 Å². The number of benzene rings is 2. The molecule has 1 atom stereocenters. The van der Waals surface area contributed by atoms with Crippen LogP contribution in [0.3, 0.4) is 0 Å². The van der Waals surface area contributed by atoms with Gasteiger partial charge in [0.2, 0.25) is 0 Å². The minimum atomic E-state index is -0.0649. The summed E-state index contributed by atoms with van der Waals surface area (Å²) < 4.78 is 7.64. The van der Waals surface area contributed by atoms with Crippen LogP contribution in [0.25, 0.3) is 33.5 Å². The van der Waals surface area contributed by atoms with Gasteiger partial charge in [0.1, 0.15) is 11.4 Å². The van der Waals surface area contributed by atoms with Crippen LogP contribution in [0, 0.1) is 6.92 Å². The SMILES string of the molecule is Cc1nc([C@H](C)n2cnc(-c3ccccc3)c2-c2ccc3occc3c2)n[nH]1. The molecule has 28 heavy (non-hydrogen) atoms. The Morgan fingerprint density at radius 1 is 1.04 bits per heavy atom. The molecular formula is C22H19N5O. The Labute approximate surface area is 161 Å². The molecule has 3 heterocycles. The lowest BCUT2D eigenvalue weighted by molar-refractivity contribution is 0.606. The van der Waals surface area contributed by atoms with Crippen molar-refractivity contribution < 1.29 is 4.42 Å². The van der Waals surface area contributed by atoms with Crippen molar-refractivity contribution in [2.24, 2.45) is 0 Å². The number of rotatable bonds is 4. The second-order valence-corrected chi connectivity index (χ2v) is 6.84. The van der Waals surface area contributed by atoms with E-state index in [4.69, 9.17) is 9.40 Å². The highest BCUT2D eigenvalue weighted by Gasteiger charge is 2.21. The first kappa shape index (κ1) is 16.5. The van der Waals surface area contributed by atoms with E-state index in [9.17, 15) is 0 Å². The maximum absolute atomic E-state index is 5.51. The molecule has 0 amide bonds. The summed E-state index contributed by atoms with van der Waals surface area (Å²) in [6.07, 6.45) is 3.58. The van der Waals surface area contributed by atoms with E-state index in [0.29, 0.717) is 0 Å². The lowest BCUT2D eigenvalue weighted by Gasteiger charge is -2.15.